The zero-order chi connectivity index (χ0) is 17.2. The van der Waals surface area contributed by atoms with Gasteiger partial charge >= 0.3 is 0 Å². The minimum absolute atomic E-state index is 0.0881. The van der Waals surface area contributed by atoms with Gasteiger partial charge in [0.1, 0.15) is 5.82 Å². The Morgan fingerprint density at radius 1 is 1.25 bits per heavy atom. The van der Waals surface area contributed by atoms with Crippen LogP contribution in [-0.2, 0) is 23.2 Å². The molecule has 0 unspecified atom stereocenters. The van der Waals surface area contributed by atoms with E-state index in [0.29, 0.717) is 5.82 Å². The van der Waals surface area contributed by atoms with Gasteiger partial charge in [0.2, 0.25) is 5.91 Å². The highest BCUT2D eigenvalue weighted by Gasteiger charge is 2.41. The van der Waals surface area contributed by atoms with Crippen LogP contribution >= 0.6 is 0 Å². The first-order chi connectivity index (χ1) is 11.5. The number of benzene rings is 1. The van der Waals surface area contributed by atoms with Gasteiger partial charge in [-0.3, -0.25) is 4.79 Å². The first-order valence-electron chi connectivity index (χ1n) is 8.52. The standard InChI is InChI=1S/C18H25N5O/c1-3-23-17(20-16(21-23)13-15(19)24)18(9-11-22(2)12-10-18)14-7-5-4-6-8-14/h4-8H,3,9-13H2,1-2H3,(H2,19,24). The van der Waals surface area contributed by atoms with E-state index in [9.17, 15) is 4.79 Å². The van der Waals surface area contributed by atoms with Gasteiger partial charge in [0.15, 0.2) is 5.82 Å². The fraction of sp³-hybridized carbons (Fsp3) is 0.500. The van der Waals surface area contributed by atoms with Gasteiger partial charge < -0.3 is 10.6 Å². The zero-order valence-electron chi connectivity index (χ0n) is 14.4. The second kappa shape index (κ2) is 6.73. The van der Waals surface area contributed by atoms with Gasteiger partial charge in [-0.05, 0) is 45.5 Å². The number of rotatable bonds is 5. The van der Waals surface area contributed by atoms with Crippen LogP contribution in [0.15, 0.2) is 30.3 Å². The molecule has 2 aromatic rings. The van der Waals surface area contributed by atoms with Crippen LogP contribution in [0, 0.1) is 0 Å². The summed E-state index contributed by atoms with van der Waals surface area (Å²) in [6, 6.07) is 10.5. The van der Waals surface area contributed by atoms with Gasteiger partial charge in [-0.25, -0.2) is 9.67 Å². The topological polar surface area (TPSA) is 77.0 Å². The quantitative estimate of drug-likeness (QED) is 0.899. The molecular formula is C18H25N5O. The van der Waals surface area contributed by atoms with Crippen LogP contribution in [0.1, 0.15) is 37.0 Å². The highest BCUT2D eigenvalue weighted by Crippen LogP contribution is 2.40. The number of nitrogens with zero attached hydrogens (tertiary/aromatic N) is 4. The molecule has 0 radical (unpaired) electrons. The third-order valence-electron chi connectivity index (χ3n) is 4.94. The van der Waals surface area contributed by atoms with Crippen LogP contribution in [0.4, 0.5) is 0 Å². The number of likely N-dealkylation sites (tertiary alicyclic amines) is 1. The van der Waals surface area contributed by atoms with Gasteiger partial charge in [-0.1, -0.05) is 30.3 Å². The molecule has 128 valence electrons. The van der Waals surface area contributed by atoms with Crippen molar-refractivity contribution >= 4 is 5.91 Å². The van der Waals surface area contributed by atoms with Crippen LogP contribution in [0.25, 0.3) is 0 Å². The second-order valence-corrected chi connectivity index (χ2v) is 6.56. The van der Waals surface area contributed by atoms with E-state index in [1.807, 2.05) is 10.7 Å². The fourth-order valence-corrected chi connectivity index (χ4v) is 3.59. The SMILES string of the molecule is CCn1nc(CC(N)=O)nc1C1(c2ccccc2)CCN(C)CC1. The van der Waals surface area contributed by atoms with Gasteiger partial charge in [-0.15, -0.1) is 0 Å². The lowest BCUT2D eigenvalue weighted by Gasteiger charge is -2.40. The molecule has 6 nitrogen and oxygen atoms in total. The summed E-state index contributed by atoms with van der Waals surface area (Å²) < 4.78 is 1.94. The summed E-state index contributed by atoms with van der Waals surface area (Å²) in [5, 5.41) is 4.52. The monoisotopic (exact) mass is 327 g/mol. The molecule has 0 aliphatic carbocycles. The van der Waals surface area contributed by atoms with E-state index in [1.54, 1.807) is 0 Å². The van der Waals surface area contributed by atoms with Crippen LogP contribution in [-0.4, -0.2) is 45.7 Å². The number of carbonyl (C=O) groups is 1. The Labute approximate surface area is 142 Å². The number of piperidine rings is 1. The largest absolute Gasteiger partial charge is 0.369 e. The highest BCUT2D eigenvalue weighted by molar-refractivity contribution is 5.75. The minimum Gasteiger partial charge on any atom is -0.369 e. The van der Waals surface area contributed by atoms with Crippen LogP contribution in [0.2, 0.25) is 0 Å². The van der Waals surface area contributed by atoms with Crippen LogP contribution in [0.3, 0.4) is 0 Å². The Bertz CT molecular complexity index is 701. The van der Waals surface area contributed by atoms with Gasteiger partial charge in [0.05, 0.1) is 11.8 Å². The molecule has 1 saturated heterocycles. The van der Waals surface area contributed by atoms with Crippen molar-refractivity contribution in [3.8, 4) is 0 Å². The third-order valence-corrected chi connectivity index (χ3v) is 4.94. The van der Waals surface area contributed by atoms with Crippen molar-refractivity contribution in [2.45, 2.75) is 38.1 Å². The lowest BCUT2D eigenvalue weighted by atomic mass is 9.72. The maximum Gasteiger partial charge on any atom is 0.225 e. The smallest absolute Gasteiger partial charge is 0.225 e. The Kier molecular flexibility index (Phi) is 4.66. The molecule has 1 fully saturated rings. The first-order valence-corrected chi connectivity index (χ1v) is 8.52. The normalized spacial score (nSPS) is 17.8. The van der Waals surface area contributed by atoms with E-state index in [0.717, 1.165) is 38.3 Å². The number of hydrogen-bond acceptors (Lipinski definition) is 4. The molecule has 0 atom stereocenters. The summed E-state index contributed by atoms with van der Waals surface area (Å²) >= 11 is 0. The molecule has 2 heterocycles. The molecule has 0 saturated carbocycles. The van der Waals surface area contributed by atoms with Crippen molar-refractivity contribution in [1.82, 2.24) is 19.7 Å². The third kappa shape index (κ3) is 3.06. The molecule has 3 rings (SSSR count). The predicted molar refractivity (Wildman–Crippen MR) is 92.5 cm³/mol. The van der Waals surface area contributed by atoms with E-state index in [2.05, 4.69) is 48.2 Å². The van der Waals surface area contributed by atoms with Crippen molar-refractivity contribution in [2.24, 2.45) is 5.73 Å². The average molecular weight is 327 g/mol. The maximum atomic E-state index is 11.3. The molecule has 24 heavy (non-hydrogen) atoms. The van der Waals surface area contributed by atoms with Gasteiger partial charge in [0, 0.05) is 6.54 Å². The minimum atomic E-state index is -0.396. The Hall–Kier alpha value is -2.21. The molecule has 2 N–H and O–H groups in total. The fourth-order valence-electron chi connectivity index (χ4n) is 3.59. The maximum absolute atomic E-state index is 11.3. The van der Waals surface area contributed by atoms with Crippen molar-refractivity contribution in [1.29, 1.82) is 0 Å². The van der Waals surface area contributed by atoms with E-state index >= 15 is 0 Å². The van der Waals surface area contributed by atoms with Gasteiger partial charge in [0.25, 0.3) is 0 Å². The number of hydrogen-bond donors (Lipinski definition) is 1. The average Bonchev–Trinajstić information content (AvgIpc) is 2.99. The number of carbonyl (C=O) groups excluding carboxylic acids is 1. The molecule has 1 amide bonds. The Morgan fingerprint density at radius 2 is 1.92 bits per heavy atom. The summed E-state index contributed by atoms with van der Waals surface area (Å²) in [6.45, 7) is 4.80. The summed E-state index contributed by atoms with van der Waals surface area (Å²) in [5.74, 6) is 1.08. The number of primary amides is 1. The highest BCUT2D eigenvalue weighted by atomic mass is 16.1. The van der Waals surface area contributed by atoms with Crippen molar-refractivity contribution in [2.75, 3.05) is 20.1 Å². The molecular weight excluding hydrogens is 302 g/mol. The summed E-state index contributed by atoms with van der Waals surface area (Å²) in [4.78, 5) is 18.4. The molecule has 0 bridgehead atoms. The number of amides is 1. The van der Waals surface area contributed by atoms with Gasteiger partial charge in [-0.2, -0.15) is 5.10 Å². The molecule has 0 spiro atoms. The van der Waals surface area contributed by atoms with Crippen molar-refractivity contribution in [3.05, 3.63) is 47.5 Å². The Morgan fingerprint density at radius 3 is 2.50 bits per heavy atom. The second-order valence-electron chi connectivity index (χ2n) is 6.56. The number of aromatic nitrogens is 3. The number of aryl methyl sites for hydroxylation is 1. The predicted octanol–water partition coefficient (Wildman–Crippen LogP) is 1.34. The van der Waals surface area contributed by atoms with Crippen LogP contribution < -0.4 is 5.73 Å². The lowest BCUT2D eigenvalue weighted by molar-refractivity contribution is -0.117. The van der Waals surface area contributed by atoms with Crippen LogP contribution in [0.5, 0.6) is 0 Å². The summed E-state index contributed by atoms with van der Waals surface area (Å²) in [5.41, 5.74) is 6.44. The van der Waals surface area contributed by atoms with E-state index < -0.39 is 5.91 Å². The van der Waals surface area contributed by atoms with E-state index in [4.69, 9.17) is 10.7 Å². The molecule has 1 aliphatic rings. The summed E-state index contributed by atoms with van der Waals surface area (Å²) in [6.07, 6.45) is 2.06. The van der Waals surface area contributed by atoms with Crippen molar-refractivity contribution < 1.29 is 4.79 Å². The Balaban J connectivity index is 2.09. The zero-order valence-corrected chi connectivity index (χ0v) is 14.4. The van der Waals surface area contributed by atoms with E-state index in [1.165, 1.54) is 5.56 Å². The molecule has 1 aromatic heterocycles. The summed E-state index contributed by atoms with van der Waals surface area (Å²) in [7, 11) is 2.15. The molecule has 1 aliphatic heterocycles. The first kappa shape index (κ1) is 16.6. The molecule has 6 heteroatoms. The molecule has 1 aromatic carbocycles. The lowest BCUT2D eigenvalue weighted by Crippen LogP contribution is -2.43. The number of nitrogens with two attached hydrogens (primary N) is 1. The van der Waals surface area contributed by atoms with E-state index in [-0.39, 0.29) is 11.8 Å². The van der Waals surface area contributed by atoms with Crippen molar-refractivity contribution in [3.63, 3.8) is 0 Å².